The normalized spacial score (nSPS) is 18.6. The predicted molar refractivity (Wildman–Crippen MR) is 128 cm³/mol. The van der Waals surface area contributed by atoms with Gasteiger partial charge in [-0.15, -0.1) is 22.7 Å². The molecule has 32 heavy (non-hydrogen) atoms. The molecule has 1 unspecified atom stereocenters. The van der Waals surface area contributed by atoms with E-state index in [-0.39, 0.29) is 17.2 Å². The molecule has 1 aliphatic carbocycles. The Kier molecular flexibility index (Phi) is 5.41. The van der Waals surface area contributed by atoms with Gasteiger partial charge >= 0.3 is 0 Å². The zero-order valence-corrected chi connectivity index (χ0v) is 19.9. The molecule has 0 radical (unpaired) electrons. The Hall–Kier alpha value is -2.01. The number of hydrogen-bond acceptors (Lipinski definition) is 8. The molecule has 4 aromatic heterocycles. The highest BCUT2D eigenvalue weighted by Gasteiger charge is 2.25. The van der Waals surface area contributed by atoms with Crippen molar-refractivity contribution in [2.24, 2.45) is 0 Å². The van der Waals surface area contributed by atoms with Crippen LogP contribution >= 0.6 is 34.4 Å². The summed E-state index contributed by atoms with van der Waals surface area (Å²) in [6.45, 7) is 1.27. The van der Waals surface area contributed by atoms with Crippen molar-refractivity contribution in [3.8, 4) is 0 Å². The molecule has 4 aromatic rings. The van der Waals surface area contributed by atoms with E-state index in [1.54, 1.807) is 32.6 Å². The van der Waals surface area contributed by atoms with Crippen LogP contribution < -0.4 is 11.1 Å². The van der Waals surface area contributed by atoms with Crippen molar-refractivity contribution >= 4 is 49.6 Å². The number of rotatable bonds is 5. The van der Waals surface area contributed by atoms with Crippen molar-refractivity contribution in [1.82, 2.24) is 18.9 Å². The van der Waals surface area contributed by atoms with Crippen LogP contribution in [0.5, 0.6) is 0 Å². The van der Waals surface area contributed by atoms with E-state index in [2.05, 4.69) is 4.98 Å². The quantitative estimate of drug-likeness (QED) is 0.315. The average molecular weight is 487 g/mol. The molecule has 1 saturated heterocycles. The molecule has 1 fully saturated rings. The summed E-state index contributed by atoms with van der Waals surface area (Å²) in [4.78, 5) is 38.4. The second kappa shape index (κ2) is 8.40. The lowest BCUT2D eigenvalue weighted by atomic mass is 9.97. The minimum absolute atomic E-state index is 0.0472. The molecule has 6 rings (SSSR count). The third-order valence-corrected chi connectivity index (χ3v) is 9.11. The third-order valence-electron chi connectivity index (χ3n) is 6.16. The maximum absolute atomic E-state index is 13.7. The number of thiophene rings is 1. The minimum Gasteiger partial charge on any atom is -0.376 e. The van der Waals surface area contributed by atoms with Crippen LogP contribution in [0.2, 0.25) is 0 Å². The summed E-state index contributed by atoms with van der Waals surface area (Å²) in [7, 11) is 0. The number of fused-ring (bicyclic) bond motifs is 4. The molecule has 166 valence electrons. The van der Waals surface area contributed by atoms with Crippen LogP contribution in [0, 0.1) is 0 Å². The summed E-state index contributed by atoms with van der Waals surface area (Å²) in [5, 5.41) is 3.35. The van der Waals surface area contributed by atoms with Gasteiger partial charge in [0.2, 0.25) is 0 Å². The number of thioether (sulfide) groups is 1. The summed E-state index contributed by atoms with van der Waals surface area (Å²) in [6.07, 6.45) is 8.09. The van der Waals surface area contributed by atoms with E-state index in [0.717, 1.165) is 48.9 Å². The second-order valence-electron chi connectivity index (χ2n) is 8.27. The molecular weight excluding hydrogens is 464 g/mol. The van der Waals surface area contributed by atoms with Crippen molar-refractivity contribution in [2.45, 2.75) is 62.1 Å². The van der Waals surface area contributed by atoms with Crippen LogP contribution in [0.25, 0.3) is 15.2 Å². The first-order chi connectivity index (χ1) is 15.7. The van der Waals surface area contributed by atoms with E-state index >= 15 is 0 Å². The summed E-state index contributed by atoms with van der Waals surface area (Å²) in [6, 6.07) is 1.57. The smallest absolute Gasteiger partial charge is 0.263 e. The first-order valence-electron chi connectivity index (χ1n) is 10.9. The van der Waals surface area contributed by atoms with Gasteiger partial charge in [0, 0.05) is 34.9 Å². The van der Waals surface area contributed by atoms with Crippen LogP contribution in [0.4, 0.5) is 0 Å². The fraction of sp³-hybridized carbons (Fsp3) is 0.455. The molecule has 0 N–H and O–H groups in total. The molecule has 0 amide bonds. The number of aryl methyl sites for hydroxylation is 2. The number of ether oxygens (including phenoxy) is 1. The zero-order chi connectivity index (χ0) is 21.7. The van der Waals surface area contributed by atoms with E-state index in [4.69, 9.17) is 9.72 Å². The Morgan fingerprint density at radius 3 is 2.97 bits per heavy atom. The standard InChI is InChI=1S/C22H22N4O3S3/c27-17-10-13(23-21-25(17)7-9-30-21)12-31-22-24-19-18(15-5-1-2-6-16(15)32-19)20(28)26(22)11-14-4-3-8-29-14/h7,9-10,14H,1-6,8,11-12H2. The van der Waals surface area contributed by atoms with Gasteiger partial charge in [0.25, 0.3) is 11.1 Å². The van der Waals surface area contributed by atoms with Crippen molar-refractivity contribution < 1.29 is 4.74 Å². The fourth-order valence-electron chi connectivity index (χ4n) is 4.58. The number of thiazole rings is 1. The topological polar surface area (TPSA) is 78.5 Å². The number of nitrogens with zero attached hydrogens (tertiary/aromatic N) is 4. The molecule has 0 bridgehead atoms. The first-order valence-corrected chi connectivity index (χ1v) is 13.6. The third kappa shape index (κ3) is 3.63. The van der Waals surface area contributed by atoms with Gasteiger partial charge < -0.3 is 4.74 Å². The van der Waals surface area contributed by atoms with E-state index in [1.807, 2.05) is 5.38 Å². The van der Waals surface area contributed by atoms with Crippen molar-refractivity contribution in [3.05, 3.63) is 54.5 Å². The average Bonchev–Trinajstić information content (AvgIpc) is 3.54. The van der Waals surface area contributed by atoms with Crippen molar-refractivity contribution in [3.63, 3.8) is 0 Å². The van der Waals surface area contributed by atoms with E-state index in [0.29, 0.717) is 28.1 Å². The van der Waals surface area contributed by atoms with Crippen molar-refractivity contribution in [1.29, 1.82) is 0 Å². The lowest BCUT2D eigenvalue weighted by Gasteiger charge is -2.16. The van der Waals surface area contributed by atoms with Gasteiger partial charge in [0.15, 0.2) is 10.1 Å². The van der Waals surface area contributed by atoms with Crippen LogP contribution in [-0.2, 0) is 29.9 Å². The van der Waals surface area contributed by atoms with E-state index in [1.165, 1.54) is 40.0 Å². The highest BCUT2D eigenvalue weighted by Crippen LogP contribution is 2.35. The van der Waals surface area contributed by atoms with Gasteiger partial charge in [-0.1, -0.05) is 11.8 Å². The Balaban J connectivity index is 1.40. The molecule has 1 aliphatic heterocycles. The summed E-state index contributed by atoms with van der Waals surface area (Å²) in [5.74, 6) is 0.484. The minimum atomic E-state index is -0.0852. The molecular formula is C22H22N4O3S3. The predicted octanol–water partition coefficient (Wildman–Crippen LogP) is 3.88. The number of aromatic nitrogens is 4. The Morgan fingerprint density at radius 2 is 2.09 bits per heavy atom. The second-order valence-corrected chi connectivity index (χ2v) is 11.2. The lowest BCUT2D eigenvalue weighted by Crippen LogP contribution is -2.29. The summed E-state index contributed by atoms with van der Waals surface area (Å²) in [5.41, 5.74) is 1.88. The molecule has 7 nitrogen and oxygen atoms in total. The van der Waals surface area contributed by atoms with E-state index in [9.17, 15) is 9.59 Å². The Labute approximate surface area is 196 Å². The molecule has 0 aromatic carbocycles. The maximum Gasteiger partial charge on any atom is 0.263 e. The molecule has 2 aliphatic rings. The molecule has 0 saturated carbocycles. The van der Waals surface area contributed by atoms with Gasteiger partial charge in [-0.25, -0.2) is 9.97 Å². The monoisotopic (exact) mass is 486 g/mol. The molecule has 10 heteroatoms. The summed E-state index contributed by atoms with van der Waals surface area (Å²) >= 11 is 4.58. The van der Waals surface area contributed by atoms with Crippen molar-refractivity contribution in [2.75, 3.05) is 6.61 Å². The summed E-state index contributed by atoms with van der Waals surface area (Å²) < 4.78 is 9.20. The Morgan fingerprint density at radius 1 is 1.19 bits per heavy atom. The molecule has 1 atom stereocenters. The highest BCUT2D eigenvalue weighted by molar-refractivity contribution is 7.98. The van der Waals surface area contributed by atoms with Gasteiger partial charge in [-0.2, -0.15) is 0 Å². The van der Waals surface area contributed by atoms with Crippen LogP contribution in [0.1, 0.15) is 41.8 Å². The van der Waals surface area contributed by atoms with Crippen LogP contribution in [-0.4, -0.2) is 31.6 Å². The fourth-order valence-corrected chi connectivity index (χ4v) is 7.53. The first kappa shape index (κ1) is 20.6. The zero-order valence-electron chi connectivity index (χ0n) is 17.4. The van der Waals surface area contributed by atoms with E-state index < -0.39 is 0 Å². The van der Waals surface area contributed by atoms with Gasteiger partial charge in [0.1, 0.15) is 4.83 Å². The van der Waals surface area contributed by atoms with Gasteiger partial charge in [-0.05, 0) is 44.1 Å². The SMILES string of the molecule is O=c1c2c3c(sc2nc(SCc2cc(=O)n4ccsc4n2)n1CC1CCCO1)CCCC3. The lowest BCUT2D eigenvalue weighted by molar-refractivity contribution is 0.0937. The molecule has 0 spiro atoms. The number of hydrogen-bond donors (Lipinski definition) is 0. The Bertz CT molecular complexity index is 1430. The van der Waals surface area contributed by atoms with Crippen LogP contribution in [0.15, 0.2) is 32.4 Å². The maximum atomic E-state index is 13.7. The largest absolute Gasteiger partial charge is 0.376 e. The van der Waals surface area contributed by atoms with Gasteiger partial charge in [-0.3, -0.25) is 18.6 Å². The van der Waals surface area contributed by atoms with Crippen LogP contribution in [0.3, 0.4) is 0 Å². The molecule has 5 heterocycles. The van der Waals surface area contributed by atoms with Gasteiger partial charge in [0.05, 0.1) is 23.7 Å². The highest BCUT2D eigenvalue weighted by atomic mass is 32.2.